The molecule has 0 rings (SSSR count). The van der Waals surface area contributed by atoms with Crippen molar-refractivity contribution in [1.29, 1.82) is 0 Å². The van der Waals surface area contributed by atoms with Crippen molar-refractivity contribution in [1.82, 2.24) is 0 Å². The molecule has 0 N–H and O–H groups in total. The standard InChI is InChI=1S/C50H94NO8P/c1-6-8-10-12-14-16-18-20-22-24-25-27-28-30-32-34-36-38-40-42-49(52)56-46-48(47-58-60(54,55)57-45-44-51(3,4)5)59-50(53)43-41-39-37-35-33-31-29-26-23-21-19-17-15-13-11-9-7-2/h15,17,21,23,29,31,48H,6-14,16,18-20,22,24-28,30,32-47H2,1-5H3/b17-15-,23-21-,31-29-/t48-/m1/s1. The summed E-state index contributed by atoms with van der Waals surface area (Å²) in [6.07, 6.45) is 48.8. The molecule has 0 saturated carbocycles. The Bertz CT molecular complexity index is 1120. The number of unbranched alkanes of at least 4 members (excludes halogenated alkanes) is 25. The Balaban J connectivity index is 4.30. The summed E-state index contributed by atoms with van der Waals surface area (Å²) >= 11 is 0. The SMILES string of the molecule is CCCCC/C=C\C/C=C\C/C=C\CCCCCCC(=O)O[C@H](COC(=O)CCCCCCCCCCCCCCCCCCCCC)COP(=O)([O-])OCC[N+](C)(C)C. The van der Waals surface area contributed by atoms with Gasteiger partial charge in [0.15, 0.2) is 6.10 Å². The van der Waals surface area contributed by atoms with E-state index in [1.807, 2.05) is 21.1 Å². The molecule has 0 saturated heterocycles. The van der Waals surface area contributed by atoms with Gasteiger partial charge in [-0.15, -0.1) is 0 Å². The number of phosphoric ester groups is 1. The molecule has 0 radical (unpaired) electrons. The number of carbonyl (C=O) groups is 2. The van der Waals surface area contributed by atoms with E-state index in [0.29, 0.717) is 17.4 Å². The average Bonchev–Trinajstić information content (AvgIpc) is 3.20. The largest absolute Gasteiger partial charge is 0.756 e. The second kappa shape index (κ2) is 42.5. The third-order valence-corrected chi connectivity index (χ3v) is 11.6. The van der Waals surface area contributed by atoms with Crippen LogP contribution in [-0.2, 0) is 32.7 Å². The van der Waals surface area contributed by atoms with Gasteiger partial charge in [-0.1, -0.05) is 192 Å². The summed E-state index contributed by atoms with van der Waals surface area (Å²) in [6.45, 7) is 4.20. The molecule has 1 unspecified atom stereocenters. The minimum absolute atomic E-state index is 0.0346. The van der Waals surface area contributed by atoms with Gasteiger partial charge in [0.2, 0.25) is 0 Å². The zero-order valence-corrected chi connectivity index (χ0v) is 40.6. The van der Waals surface area contributed by atoms with Gasteiger partial charge < -0.3 is 27.9 Å². The number of carbonyl (C=O) groups excluding carboxylic acids is 2. The fraction of sp³-hybridized carbons (Fsp3) is 0.840. The molecule has 0 heterocycles. The second-order valence-corrected chi connectivity index (χ2v) is 19.2. The first kappa shape index (κ1) is 58.2. The van der Waals surface area contributed by atoms with E-state index < -0.39 is 26.5 Å². The first-order valence-corrected chi connectivity index (χ1v) is 26.2. The zero-order chi connectivity index (χ0) is 44.3. The summed E-state index contributed by atoms with van der Waals surface area (Å²) in [4.78, 5) is 37.7. The summed E-state index contributed by atoms with van der Waals surface area (Å²) in [5.74, 6) is -0.851. The molecular weight excluding hydrogens is 774 g/mol. The van der Waals surface area contributed by atoms with Gasteiger partial charge in [-0.3, -0.25) is 14.2 Å². The Morgan fingerprint density at radius 1 is 0.517 bits per heavy atom. The van der Waals surface area contributed by atoms with Crippen LogP contribution in [0.3, 0.4) is 0 Å². The molecule has 0 aromatic heterocycles. The van der Waals surface area contributed by atoms with Crippen molar-refractivity contribution in [3.63, 3.8) is 0 Å². The fourth-order valence-corrected chi connectivity index (χ4v) is 7.51. The molecule has 0 aromatic rings. The Labute approximate surface area is 370 Å². The van der Waals surface area contributed by atoms with Gasteiger partial charge >= 0.3 is 11.9 Å². The topological polar surface area (TPSA) is 111 Å². The van der Waals surface area contributed by atoms with E-state index >= 15 is 0 Å². The minimum atomic E-state index is -4.63. The number of hydrogen-bond acceptors (Lipinski definition) is 8. The van der Waals surface area contributed by atoms with Gasteiger partial charge in [0.1, 0.15) is 19.8 Å². The predicted molar refractivity (Wildman–Crippen MR) is 250 cm³/mol. The number of ether oxygens (including phenoxy) is 2. The molecule has 0 bridgehead atoms. The maximum atomic E-state index is 12.7. The normalized spacial score (nSPS) is 13.8. The van der Waals surface area contributed by atoms with Crippen molar-refractivity contribution in [2.45, 2.75) is 225 Å². The van der Waals surface area contributed by atoms with Crippen LogP contribution in [0.1, 0.15) is 219 Å². The van der Waals surface area contributed by atoms with E-state index in [4.69, 9.17) is 18.5 Å². The number of esters is 2. The molecule has 0 aliphatic heterocycles. The van der Waals surface area contributed by atoms with Crippen molar-refractivity contribution >= 4 is 19.8 Å². The quantitative estimate of drug-likeness (QED) is 0.0196. The van der Waals surface area contributed by atoms with Crippen LogP contribution in [-0.4, -0.2) is 70.0 Å². The first-order chi connectivity index (χ1) is 29.0. The Morgan fingerprint density at radius 3 is 1.37 bits per heavy atom. The molecule has 0 aliphatic carbocycles. The molecule has 0 aromatic carbocycles. The summed E-state index contributed by atoms with van der Waals surface area (Å²) in [7, 11) is 1.15. The number of nitrogens with zero attached hydrogens (tertiary/aromatic N) is 1. The lowest BCUT2D eigenvalue weighted by Crippen LogP contribution is -2.37. The van der Waals surface area contributed by atoms with Crippen LogP contribution in [0.2, 0.25) is 0 Å². The third-order valence-electron chi connectivity index (χ3n) is 10.7. The van der Waals surface area contributed by atoms with Gasteiger partial charge in [-0.2, -0.15) is 0 Å². The lowest BCUT2D eigenvalue weighted by Gasteiger charge is -2.28. The summed E-state index contributed by atoms with van der Waals surface area (Å²) in [6, 6.07) is 0. The first-order valence-electron chi connectivity index (χ1n) is 24.7. The van der Waals surface area contributed by atoms with E-state index in [1.54, 1.807) is 0 Å². The maximum Gasteiger partial charge on any atom is 0.306 e. The molecule has 60 heavy (non-hydrogen) atoms. The Kier molecular flexibility index (Phi) is 41.3. The Hall–Kier alpha value is -1.77. The molecule has 352 valence electrons. The highest BCUT2D eigenvalue weighted by Crippen LogP contribution is 2.38. The summed E-state index contributed by atoms with van der Waals surface area (Å²) in [5, 5.41) is 0. The highest BCUT2D eigenvalue weighted by Gasteiger charge is 2.21. The van der Waals surface area contributed by atoms with Gasteiger partial charge in [0.25, 0.3) is 7.82 Å². The number of likely N-dealkylation sites (N-methyl/N-ethyl adjacent to an activating group) is 1. The van der Waals surface area contributed by atoms with Crippen LogP contribution >= 0.6 is 7.82 Å². The van der Waals surface area contributed by atoms with Crippen LogP contribution in [0.5, 0.6) is 0 Å². The number of hydrogen-bond donors (Lipinski definition) is 0. The van der Waals surface area contributed by atoms with Gasteiger partial charge in [0.05, 0.1) is 27.7 Å². The van der Waals surface area contributed by atoms with E-state index in [1.165, 1.54) is 128 Å². The molecule has 0 amide bonds. The van der Waals surface area contributed by atoms with Crippen LogP contribution in [0.4, 0.5) is 0 Å². The van der Waals surface area contributed by atoms with Crippen LogP contribution in [0.25, 0.3) is 0 Å². The van der Waals surface area contributed by atoms with E-state index in [9.17, 15) is 19.0 Å². The number of allylic oxidation sites excluding steroid dienone is 6. The predicted octanol–water partition coefficient (Wildman–Crippen LogP) is 13.8. The molecule has 9 nitrogen and oxygen atoms in total. The Morgan fingerprint density at radius 2 is 0.900 bits per heavy atom. The smallest absolute Gasteiger partial charge is 0.306 e. The third kappa shape index (κ3) is 45.7. The minimum Gasteiger partial charge on any atom is -0.756 e. The maximum absolute atomic E-state index is 12.7. The lowest BCUT2D eigenvalue weighted by atomic mass is 10.0. The zero-order valence-electron chi connectivity index (χ0n) is 39.7. The number of quaternary nitrogens is 1. The lowest BCUT2D eigenvalue weighted by molar-refractivity contribution is -0.870. The highest BCUT2D eigenvalue weighted by atomic mass is 31.2. The molecule has 0 spiro atoms. The van der Waals surface area contributed by atoms with Gasteiger partial charge in [0, 0.05) is 12.8 Å². The van der Waals surface area contributed by atoms with Crippen LogP contribution in [0.15, 0.2) is 36.5 Å². The van der Waals surface area contributed by atoms with Gasteiger partial charge in [-0.25, -0.2) is 0 Å². The molecule has 10 heteroatoms. The van der Waals surface area contributed by atoms with Crippen LogP contribution in [0, 0.1) is 0 Å². The summed E-state index contributed by atoms with van der Waals surface area (Å²) < 4.78 is 34.0. The average molecular weight is 868 g/mol. The van der Waals surface area contributed by atoms with Crippen molar-refractivity contribution in [2.75, 3.05) is 47.5 Å². The van der Waals surface area contributed by atoms with Crippen molar-refractivity contribution in [2.24, 2.45) is 0 Å². The number of phosphoric acid groups is 1. The molecular formula is C50H94NO8P. The van der Waals surface area contributed by atoms with E-state index in [0.717, 1.165) is 57.8 Å². The van der Waals surface area contributed by atoms with Gasteiger partial charge in [-0.05, 0) is 51.4 Å². The molecule has 0 aliphatic rings. The summed E-state index contributed by atoms with van der Waals surface area (Å²) in [5.41, 5.74) is 0. The second-order valence-electron chi connectivity index (χ2n) is 17.8. The van der Waals surface area contributed by atoms with Crippen molar-refractivity contribution in [3.8, 4) is 0 Å². The van der Waals surface area contributed by atoms with E-state index in [-0.39, 0.29) is 32.0 Å². The van der Waals surface area contributed by atoms with E-state index in [2.05, 4.69) is 50.3 Å². The number of rotatable bonds is 45. The van der Waals surface area contributed by atoms with Crippen LogP contribution < -0.4 is 4.89 Å². The van der Waals surface area contributed by atoms with Crippen molar-refractivity contribution in [3.05, 3.63) is 36.5 Å². The molecule has 0 fully saturated rings. The van der Waals surface area contributed by atoms with Crippen molar-refractivity contribution < 1.29 is 42.1 Å². The monoisotopic (exact) mass is 868 g/mol. The highest BCUT2D eigenvalue weighted by molar-refractivity contribution is 7.45. The molecule has 2 atom stereocenters. The fourth-order valence-electron chi connectivity index (χ4n) is 6.78.